The number of hydrogen-bond donors (Lipinski definition) is 2. The summed E-state index contributed by atoms with van der Waals surface area (Å²) in [6.07, 6.45) is -0.746. The molecular formula is C21H17F5N2O4. The van der Waals surface area contributed by atoms with E-state index in [-0.39, 0.29) is 22.9 Å². The van der Waals surface area contributed by atoms with Gasteiger partial charge in [0.05, 0.1) is 11.1 Å². The average molecular weight is 456 g/mol. The molecule has 11 heteroatoms. The van der Waals surface area contributed by atoms with Gasteiger partial charge in [0.2, 0.25) is 0 Å². The molecule has 2 aromatic carbocycles. The first kappa shape index (κ1) is 24.4. The van der Waals surface area contributed by atoms with Gasteiger partial charge in [-0.2, -0.15) is 22.0 Å². The van der Waals surface area contributed by atoms with Gasteiger partial charge in [0.25, 0.3) is 5.91 Å². The van der Waals surface area contributed by atoms with Crippen molar-refractivity contribution in [3.8, 4) is 17.2 Å². The molecule has 0 fully saturated rings. The lowest BCUT2D eigenvalue weighted by molar-refractivity contribution is -0.137. The van der Waals surface area contributed by atoms with Crippen LogP contribution < -0.4 is 20.1 Å². The first-order valence-corrected chi connectivity index (χ1v) is 8.89. The summed E-state index contributed by atoms with van der Waals surface area (Å²) < 4.78 is 74.6. The third kappa shape index (κ3) is 6.83. The molecule has 0 saturated heterocycles. The van der Waals surface area contributed by atoms with E-state index >= 15 is 0 Å². The van der Waals surface area contributed by atoms with Crippen molar-refractivity contribution in [1.29, 1.82) is 0 Å². The van der Waals surface area contributed by atoms with Gasteiger partial charge in [-0.05, 0) is 42.6 Å². The molecule has 32 heavy (non-hydrogen) atoms. The van der Waals surface area contributed by atoms with E-state index in [2.05, 4.69) is 15.4 Å². The van der Waals surface area contributed by atoms with Gasteiger partial charge in [-0.25, -0.2) is 0 Å². The van der Waals surface area contributed by atoms with Gasteiger partial charge in [-0.1, -0.05) is 12.1 Å². The fourth-order valence-corrected chi connectivity index (χ4v) is 2.40. The summed E-state index contributed by atoms with van der Waals surface area (Å²) >= 11 is 0. The van der Waals surface area contributed by atoms with Crippen LogP contribution in [0.2, 0.25) is 0 Å². The van der Waals surface area contributed by atoms with Crippen LogP contribution in [0.3, 0.4) is 0 Å². The first-order chi connectivity index (χ1) is 15.2. The van der Waals surface area contributed by atoms with Crippen LogP contribution in [0.4, 0.5) is 22.0 Å². The third-order valence-corrected chi connectivity index (χ3v) is 3.77. The average Bonchev–Trinajstić information content (AvgIpc) is 2.72. The summed E-state index contributed by atoms with van der Waals surface area (Å²) in [5.74, 6) is -2.02. The van der Waals surface area contributed by atoms with E-state index in [1.165, 1.54) is 36.5 Å². The Kier molecular flexibility index (Phi) is 8.33. The van der Waals surface area contributed by atoms with Crippen LogP contribution in [-0.4, -0.2) is 25.9 Å². The van der Waals surface area contributed by atoms with Gasteiger partial charge in [-0.3, -0.25) is 9.59 Å². The van der Waals surface area contributed by atoms with Crippen molar-refractivity contribution < 1.29 is 41.0 Å². The van der Waals surface area contributed by atoms with Crippen molar-refractivity contribution in [2.75, 3.05) is 7.05 Å². The molecule has 0 aliphatic carbocycles. The van der Waals surface area contributed by atoms with Crippen LogP contribution in [0.1, 0.15) is 15.9 Å². The topological polar surface area (TPSA) is 76.7 Å². The Morgan fingerprint density at radius 1 is 1.06 bits per heavy atom. The molecule has 6 nitrogen and oxygen atoms in total. The summed E-state index contributed by atoms with van der Waals surface area (Å²) in [6.45, 7) is -3.18. The summed E-state index contributed by atoms with van der Waals surface area (Å²) in [4.78, 5) is 23.5. The van der Waals surface area contributed by atoms with Crippen LogP contribution >= 0.6 is 0 Å². The van der Waals surface area contributed by atoms with Crippen LogP contribution in [0.15, 0.2) is 66.5 Å². The predicted octanol–water partition coefficient (Wildman–Crippen LogP) is 4.64. The highest BCUT2D eigenvalue weighted by Gasteiger charge is 2.32. The quantitative estimate of drug-likeness (QED) is 0.249. The summed E-state index contributed by atoms with van der Waals surface area (Å²) in [5, 5.41) is 4.91. The Morgan fingerprint density at radius 3 is 2.34 bits per heavy atom. The largest absolute Gasteiger partial charge is 0.453 e. The number of aldehydes is 1. The number of carbonyl (C=O) groups excluding carboxylic acids is 2. The Balaban J connectivity index is 2.49. The maximum Gasteiger partial charge on any atom is 0.416 e. The van der Waals surface area contributed by atoms with Gasteiger partial charge in [0.1, 0.15) is 12.0 Å². The lowest BCUT2D eigenvalue weighted by Gasteiger charge is -2.16. The molecule has 0 heterocycles. The van der Waals surface area contributed by atoms with Crippen molar-refractivity contribution in [2.45, 2.75) is 12.8 Å². The lowest BCUT2D eigenvalue weighted by atomic mass is 10.1. The van der Waals surface area contributed by atoms with Crippen molar-refractivity contribution in [3.63, 3.8) is 0 Å². The number of amides is 1. The Bertz CT molecular complexity index is 1020. The second-order valence-electron chi connectivity index (χ2n) is 5.97. The predicted molar refractivity (Wildman–Crippen MR) is 104 cm³/mol. The number of para-hydroxylation sites is 2. The standard InChI is InChI=1S/C21H17F5N2O4/c1-27-10-8-14(9-11-29)28-19(30)15-12-13(21(24,25)26)6-7-16(15)31-17-4-2-3-5-18(17)32-20(22)23/h2-12,20,27H,1H3,(H,28,30)/b10-8-,14-9+. The fourth-order valence-electron chi connectivity index (χ4n) is 2.40. The molecule has 2 N–H and O–H groups in total. The van der Waals surface area contributed by atoms with Crippen LogP contribution in [0, 0.1) is 0 Å². The van der Waals surface area contributed by atoms with Gasteiger partial charge < -0.3 is 20.1 Å². The second-order valence-corrected chi connectivity index (χ2v) is 5.97. The number of rotatable bonds is 9. The number of allylic oxidation sites excluding steroid dienone is 2. The third-order valence-electron chi connectivity index (χ3n) is 3.77. The second kappa shape index (κ2) is 10.9. The van der Waals surface area contributed by atoms with E-state index in [0.717, 1.165) is 12.1 Å². The van der Waals surface area contributed by atoms with Gasteiger partial charge in [0, 0.05) is 18.8 Å². The zero-order valence-electron chi connectivity index (χ0n) is 16.5. The van der Waals surface area contributed by atoms with Gasteiger partial charge in [-0.15, -0.1) is 0 Å². The summed E-state index contributed by atoms with van der Waals surface area (Å²) in [7, 11) is 1.55. The Morgan fingerprint density at radius 2 is 1.75 bits per heavy atom. The number of benzene rings is 2. The SMILES string of the molecule is CN/C=C\C(=C/C=O)NC(=O)c1cc(C(F)(F)F)ccc1Oc1ccccc1OC(F)F. The minimum absolute atomic E-state index is 0.0239. The molecule has 0 radical (unpaired) electrons. The molecule has 0 aliphatic heterocycles. The van der Waals surface area contributed by atoms with Gasteiger partial charge in [0.15, 0.2) is 11.5 Å². The number of alkyl halides is 5. The van der Waals surface area contributed by atoms with Crippen LogP contribution in [-0.2, 0) is 11.0 Å². The molecular weight excluding hydrogens is 439 g/mol. The molecule has 0 atom stereocenters. The number of ether oxygens (including phenoxy) is 2. The maximum absolute atomic E-state index is 13.2. The number of halogens is 5. The highest BCUT2D eigenvalue weighted by molar-refractivity contribution is 5.98. The van der Waals surface area contributed by atoms with E-state index < -0.39 is 29.8 Å². The fraction of sp³-hybridized carbons (Fsp3) is 0.143. The van der Waals surface area contributed by atoms with E-state index in [0.29, 0.717) is 18.4 Å². The van der Waals surface area contributed by atoms with Crippen molar-refractivity contribution >= 4 is 12.2 Å². The van der Waals surface area contributed by atoms with Gasteiger partial charge >= 0.3 is 12.8 Å². The number of hydrogen-bond acceptors (Lipinski definition) is 5. The van der Waals surface area contributed by atoms with Crippen molar-refractivity contribution in [3.05, 3.63) is 77.6 Å². The van der Waals surface area contributed by atoms with Crippen molar-refractivity contribution in [2.24, 2.45) is 0 Å². The normalized spacial score (nSPS) is 12.0. The molecule has 0 aliphatic rings. The van der Waals surface area contributed by atoms with Crippen LogP contribution in [0.25, 0.3) is 0 Å². The van der Waals surface area contributed by atoms with Crippen molar-refractivity contribution in [1.82, 2.24) is 10.6 Å². The van der Waals surface area contributed by atoms with E-state index in [9.17, 15) is 31.5 Å². The molecule has 0 aromatic heterocycles. The lowest BCUT2D eigenvalue weighted by Crippen LogP contribution is -2.23. The molecule has 0 saturated carbocycles. The minimum Gasteiger partial charge on any atom is -0.453 e. The molecule has 0 unspecified atom stereocenters. The summed E-state index contributed by atoms with van der Waals surface area (Å²) in [6, 6.07) is 7.31. The monoisotopic (exact) mass is 456 g/mol. The Labute approximate surface area is 179 Å². The van der Waals surface area contributed by atoms with E-state index in [4.69, 9.17) is 4.74 Å². The molecule has 170 valence electrons. The summed E-state index contributed by atoms with van der Waals surface area (Å²) in [5.41, 5.74) is -1.72. The highest BCUT2D eigenvalue weighted by Crippen LogP contribution is 2.37. The van der Waals surface area contributed by atoms with E-state index in [1.807, 2.05) is 0 Å². The molecule has 2 aromatic rings. The minimum atomic E-state index is -4.77. The van der Waals surface area contributed by atoms with Crippen LogP contribution in [0.5, 0.6) is 17.2 Å². The maximum atomic E-state index is 13.2. The molecule has 0 spiro atoms. The molecule has 0 bridgehead atoms. The molecule has 1 amide bonds. The highest BCUT2D eigenvalue weighted by atomic mass is 19.4. The number of carbonyl (C=O) groups is 2. The first-order valence-electron chi connectivity index (χ1n) is 8.89. The molecule has 2 rings (SSSR count). The smallest absolute Gasteiger partial charge is 0.416 e. The zero-order valence-corrected chi connectivity index (χ0v) is 16.5. The zero-order chi connectivity index (χ0) is 23.7. The Hall–Kier alpha value is -3.89. The van der Waals surface area contributed by atoms with E-state index in [1.54, 1.807) is 7.05 Å². The number of nitrogens with one attached hydrogen (secondary N) is 2.